The number of carbonyl (C=O) groups excluding carboxylic acids is 1. The minimum absolute atomic E-state index is 0.109. The molecule has 0 saturated carbocycles. The Morgan fingerprint density at radius 2 is 1.59 bits per heavy atom. The molecule has 162 valence electrons. The molecule has 0 atom stereocenters. The van der Waals surface area contributed by atoms with Gasteiger partial charge in [0.15, 0.2) is 16.7 Å². The van der Waals surface area contributed by atoms with E-state index in [1.807, 2.05) is 86.7 Å². The summed E-state index contributed by atoms with van der Waals surface area (Å²) in [5, 5.41) is 0.623. The summed E-state index contributed by atoms with van der Waals surface area (Å²) < 4.78 is 10.7. The summed E-state index contributed by atoms with van der Waals surface area (Å²) in [7, 11) is 3.19. The van der Waals surface area contributed by atoms with Crippen molar-refractivity contribution in [3.05, 3.63) is 88.3 Å². The van der Waals surface area contributed by atoms with E-state index >= 15 is 0 Å². The minimum Gasteiger partial charge on any atom is -0.493 e. The fraction of sp³-hybridized carbons (Fsp3) is 0.154. The number of rotatable bonds is 5. The topological polar surface area (TPSA) is 51.1 Å². The van der Waals surface area contributed by atoms with Crippen LogP contribution in [0.4, 0.5) is 11.4 Å². The third-order valence-corrected chi connectivity index (χ3v) is 5.97. The highest BCUT2D eigenvalue weighted by Gasteiger charge is 2.34. The Balaban J connectivity index is 1.78. The lowest BCUT2D eigenvalue weighted by atomic mass is 10.1. The SMILES string of the molecule is COc1ccc(C=C2SC(=Nc3cccc(C)c3)N(c3cccc(C)c3)C2=O)cc1OC. The molecular formula is C26H24N2O3S. The van der Waals surface area contributed by atoms with Gasteiger partial charge in [-0.2, -0.15) is 0 Å². The molecule has 1 amide bonds. The Hall–Kier alpha value is -3.51. The van der Waals surface area contributed by atoms with E-state index in [-0.39, 0.29) is 5.91 Å². The molecule has 1 fully saturated rings. The fourth-order valence-electron chi connectivity index (χ4n) is 3.45. The van der Waals surface area contributed by atoms with Crippen molar-refractivity contribution in [1.82, 2.24) is 0 Å². The first-order valence-corrected chi connectivity index (χ1v) is 11.0. The molecule has 3 aromatic carbocycles. The van der Waals surface area contributed by atoms with Gasteiger partial charge in [-0.15, -0.1) is 0 Å². The van der Waals surface area contributed by atoms with Crippen LogP contribution in [0, 0.1) is 13.8 Å². The van der Waals surface area contributed by atoms with E-state index in [1.54, 1.807) is 19.1 Å². The van der Waals surface area contributed by atoms with Crippen LogP contribution in [-0.2, 0) is 4.79 Å². The van der Waals surface area contributed by atoms with E-state index in [4.69, 9.17) is 14.5 Å². The summed E-state index contributed by atoms with van der Waals surface area (Å²) >= 11 is 1.36. The quantitative estimate of drug-likeness (QED) is 0.444. The van der Waals surface area contributed by atoms with Crippen molar-refractivity contribution in [3.8, 4) is 11.5 Å². The van der Waals surface area contributed by atoms with Gasteiger partial charge < -0.3 is 9.47 Å². The number of carbonyl (C=O) groups is 1. The van der Waals surface area contributed by atoms with Crippen LogP contribution in [0.25, 0.3) is 6.08 Å². The predicted octanol–water partition coefficient (Wildman–Crippen LogP) is 6.13. The van der Waals surface area contributed by atoms with Gasteiger partial charge in [0.2, 0.25) is 0 Å². The summed E-state index contributed by atoms with van der Waals surface area (Å²) in [4.78, 5) is 20.5. The molecule has 6 heteroatoms. The number of benzene rings is 3. The van der Waals surface area contributed by atoms with Crippen LogP contribution in [0.1, 0.15) is 16.7 Å². The summed E-state index contributed by atoms with van der Waals surface area (Å²) in [6.45, 7) is 4.03. The summed E-state index contributed by atoms with van der Waals surface area (Å²) in [6.07, 6.45) is 1.86. The molecule has 1 heterocycles. The number of anilines is 1. The van der Waals surface area contributed by atoms with Gasteiger partial charge in [0.1, 0.15) is 0 Å². The third-order valence-electron chi connectivity index (χ3n) is 5.00. The molecular weight excluding hydrogens is 420 g/mol. The van der Waals surface area contributed by atoms with E-state index in [0.29, 0.717) is 21.6 Å². The van der Waals surface area contributed by atoms with Gasteiger partial charge in [-0.05, 0) is 84.8 Å². The number of aliphatic imine (C=N–C) groups is 1. The maximum atomic E-state index is 13.5. The van der Waals surface area contributed by atoms with Crippen LogP contribution in [-0.4, -0.2) is 25.3 Å². The Labute approximate surface area is 192 Å². The molecule has 0 spiro atoms. The smallest absolute Gasteiger partial charge is 0.271 e. The second-order valence-electron chi connectivity index (χ2n) is 7.44. The molecule has 1 aliphatic heterocycles. The highest BCUT2D eigenvalue weighted by Crippen LogP contribution is 2.38. The Morgan fingerprint density at radius 3 is 2.28 bits per heavy atom. The van der Waals surface area contributed by atoms with Crippen molar-refractivity contribution in [2.24, 2.45) is 4.99 Å². The van der Waals surface area contributed by atoms with Crippen LogP contribution >= 0.6 is 11.8 Å². The molecule has 0 unspecified atom stereocenters. The molecule has 5 nitrogen and oxygen atoms in total. The molecule has 4 rings (SSSR count). The van der Waals surface area contributed by atoms with Gasteiger partial charge in [0.25, 0.3) is 5.91 Å². The Morgan fingerprint density at radius 1 is 0.875 bits per heavy atom. The van der Waals surface area contributed by atoms with E-state index in [2.05, 4.69) is 0 Å². The largest absolute Gasteiger partial charge is 0.493 e. The van der Waals surface area contributed by atoms with Crippen molar-refractivity contribution in [1.29, 1.82) is 0 Å². The van der Waals surface area contributed by atoms with Crippen LogP contribution in [0.2, 0.25) is 0 Å². The first kappa shape index (κ1) is 21.7. The summed E-state index contributed by atoms with van der Waals surface area (Å²) in [5.41, 5.74) is 4.64. The van der Waals surface area contributed by atoms with Gasteiger partial charge in [-0.25, -0.2) is 4.99 Å². The number of amides is 1. The molecule has 1 aliphatic rings. The Kier molecular flexibility index (Phi) is 6.32. The number of ether oxygens (including phenoxy) is 2. The zero-order valence-corrected chi connectivity index (χ0v) is 19.3. The van der Waals surface area contributed by atoms with Crippen molar-refractivity contribution < 1.29 is 14.3 Å². The van der Waals surface area contributed by atoms with Crippen molar-refractivity contribution >= 4 is 40.3 Å². The number of amidine groups is 1. The van der Waals surface area contributed by atoms with Crippen LogP contribution < -0.4 is 14.4 Å². The van der Waals surface area contributed by atoms with Crippen molar-refractivity contribution in [3.63, 3.8) is 0 Å². The first-order valence-electron chi connectivity index (χ1n) is 10.2. The maximum Gasteiger partial charge on any atom is 0.271 e. The first-order chi connectivity index (χ1) is 15.5. The van der Waals surface area contributed by atoms with Crippen LogP contribution in [0.15, 0.2) is 76.6 Å². The van der Waals surface area contributed by atoms with Crippen LogP contribution in [0.5, 0.6) is 11.5 Å². The monoisotopic (exact) mass is 444 g/mol. The van der Waals surface area contributed by atoms with E-state index in [1.165, 1.54) is 11.8 Å². The third kappa shape index (κ3) is 4.55. The van der Waals surface area contributed by atoms with Gasteiger partial charge in [-0.1, -0.05) is 30.3 Å². The standard InChI is InChI=1S/C26H24N2O3S/c1-17-7-5-9-20(13-17)27-26-28(21-10-6-8-18(2)14-21)25(29)24(32-26)16-19-11-12-22(30-3)23(15-19)31-4/h5-16H,1-4H3. The maximum absolute atomic E-state index is 13.5. The number of hydrogen-bond acceptors (Lipinski definition) is 5. The molecule has 1 saturated heterocycles. The van der Waals surface area contributed by atoms with E-state index in [0.717, 1.165) is 28.1 Å². The molecule has 3 aromatic rings. The highest BCUT2D eigenvalue weighted by atomic mass is 32.2. The number of hydrogen-bond donors (Lipinski definition) is 0. The normalized spacial score (nSPS) is 16.1. The second kappa shape index (κ2) is 9.32. The zero-order valence-electron chi connectivity index (χ0n) is 18.5. The van der Waals surface area contributed by atoms with Gasteiger partial charge in [0.05, 0.1) is 30.5 Å². The highest BCUT2D eigenvalue weighted by molar-refractivity contribution is 8.19. The lowest BCUT2D eigenvalue weighted by Crippen LogP contribution is -2.28. The Bertz CT molecular complexity index is 1230. The average molecular weight is 445 g/mol. The second-order valence-corrected chi connectivity index (χ2v) is 8.45. The average Bonchev–Trinajstić information content (AvgIpc) is 3.08. The van der Waals surface area contributed by atoms with Crippen molar-refractivity contribution in [2.45, 2.75) is 13.8 Å². The van der Waals surface area contributed by atoms with E-state index < -0.39 is 0 Å². The van der Waals surface area contributed by atoms with Gasteiger partial charge in [0, 0.05) is 0 Å². The minimum atomic E-state index is -0.109. The summed E-state index contributed by atoms with van der Waals surface area (Å²) in [6, 6.07) is 21.4. The molecule has 0 aliphatic carbocycles. The van der Waals surface area contributed by atoms with Crippen molar-refractivity contribution in [2.75, 3.05) is 19.1 Å². The lowest BCUT2D eigenvalue weighted by molar-refractivity contribution is -0.113. The van der Waals surface area contributed by atoms with Gasteiger partial charge in [-0.3, -0.25) is 9.69 Å². The lowest BCUT2D eigenvalue weighted by Gasteiger charge is -2.16. The molecule has 0 radical (unpaired) electrons. The van der Waals surface area contributed by atoms with E-state index in [9.17, 15) is 4.79 Å². The molecule has 0 bridgehead atoms. The number of nitrogens with zero attached hydrogens (tertiary/aromatic N) is 2. The fourth-order valence-corrected chi connectivity index (χ4v) is 4.45. The van der Waals surface area contributed by atoms with Crippen LogP contribution in [0.3, 0.4) is 0 Å². The summed E-state index contributed by atoms with van der Waals surface area (Å²) in [5.74, 6) is 1.14. The molecule has 32 heavy (non-hydrogen) atoms. The number of aryl methyl sites for hydroxylation is 2. The molecule has 0 N–H and O–H groups in total. The molecule has 0 aromatic heterocycles. The van der Waals surface area contributed by atoms with Gasteiger partial charge >= 0.3 is 0 Å². The zero-order chi connectivity index (χ0) is 22.7. The predicted molar refractivity (Wildman–Crippen MR) is 132 cm³/mol. The number of thioether (sulfide) groups is 1. The number of methoxy groups -OCH3 is 2.